The van der Waals surface area contributed by atoms with Gasteiger partial charge in [-0.25, -0.2) is 0 Å². The van der Waals surface area contributed by atoms with Gasteiger partial charge in [0.1, 0.15) is 0 Å². The van der Waals surface area contributed by atoms with Crippen LogP contribution in [0.25, 0.3) is 0 Å². The van der Waals surface area contributed by atoms with Crippen molar-refractivity contribution < 1.29 is 0 Å². The van der Waals surface area contributed by atoms with Gasteiger partial charge in [-0.3, -0.25) is 4.90 Å². The molecule has 1 aromatic carbocycles. The zero-order valence-corrected chi connectivity index (χ0v) is 12.1. The molecule has 0 aromatic heterocycles. The van der Waals surface area contributed by atoms with Gasteiger partial charge in [-0.1, -0.05) is 31.5 Å². The van der Waals surface area contributed by atoms with E-state index in [1.54, 1.807) is 5.56 Å². The molecule has 1 unspecified atom stereocenters. The van der Waals surface area contributed by atoms with E-state index in [2.05, 4.69) is 35.3 Å². The fourth-order valence-corrected chi connectivity index (χ4v) is 3.40. The average molecular weight is 258 g/mol. The number of hydrogen-bond donors (Lipinski definition) is 1. The summed E-state index contributed by atoms with van der Waals surface area (Å²) >= 11 is 0. The average Bonchev–Trinajstić information content (AvgIpc) is 2.47. The van der Waals surface area contributed by atoms with Gasteiger partial charge in [0.2, 0.25) is 0 Å². The van der Waals surface area contributed by atoms with Crippen LogP contribution < -0.4 is 5.32 Å². The molecular weight excluding hydrogens is 232 g/mol. The minimum absolute atomic E-state index is 0.678. The molecule has 104 valence electrons. The zero-order chi connectivity index (χ0) is 13.1. The Balaban J connectivity index is 1.69. The summed E-state index contributed by atoms with van der Waals surface area (Å²) in [4.78, 5) is 2.61. The normalized spacial score (nSPS) is 24.2. The topological polar surface area (TPSA) is 15.3 Å². The highest BCUT2D eigenvalue weighted by Gasteiger charge is 2.17. The molecule has 2 aliphatic rings. The van der Waals surface area contributed by atoms with Crippen LogP contribution in [-0.4, -0.2) is 24.0 Å². The molecule has 0 amide bonds. The van der Waals surface area contributed by atoms with E-state index in [-0.39, 0.29) is 0 Å². The summed E-state index contributed by atoms with van der Waals surface area (Å²) in [6.45, 7) is 7.06. The molecule has 2 nitrogen and oxygen atoms in total. The van der Waals surface area contributed by atoms with Crippen molar-refractivity contribution >= 4 is 0 Å². The maximum absolute atomic E-state index is 3.62. The minimum Gasteiger partial charge on any atom is -0.310 e. The van der Waals surface area contributed by atoms with Crippen molar-refractivity contribution in [1.82, 2.24) is 10.2 Å². The Morgan fingerprint density at radius 1 is 1.16 bits per heavy atom. The van der Waals surface area contributed by atoms with Gasteiger partial charge < -0.3 is 5.32 Å². The molecule has 0 aliphatic carbocycles. The first-order valence-electron chi connectivity index (χ1n) is 7.91. The van der Waals surface area contributed by atoms with Crippen LogP contribution in [0.3, 0.4) is 0 Å². The van der Waals surface area contributed by atoms with Crippen molar-refractivity contribution in [3.8, 4) is 0 Å². The van der Waals surface area contributed by atoms with E-state index in [0.29, 0.717) is 6.04 Å². The molecule has 1 aromatic rings. The first kappa shape index (κ1) is 13.1. The molecule has 1 fully saturated rings. The highest BCUT2D eigenvalue weighted by molar-refractivity contribution is 5.34. The number of nitrogens with zero attached hydrogens (tertiary/aromatic N) is 1. The largest absolute Gasteiger partial charge is 0.310 e. The molecule has 1 saturated heterocycles. The quantitative estimate of drug-likeness (QED) is 0.896. The van der Waals surface area contributed by atoms with Crippen molar-refractivity contribution in [2.45, 2.75) is 58.2 Å². The summed E-state index contributed by atoms with van der Waals surface area (Å²) in [6.07, 6.45) is 6.62. The lowest BCUT2D eigenvalue weighted by atomic mass is 9.93. The Morgan fingerprint density at radius 2 is 2.00 bits per heavy atom. The van der Waals surface area contributed by atoms with Gasteiger partial charge in [0.15, 0.2) is 0 Å². The van der Waals surface area contributed by atoms with Crippen LogP contribution in [0.15, 0.2) is 18.2 Å². The summed E-state index contributed by atoms with van der Waals surface area (Å²) in [5.74, 6) is 0. The number of rotatable bonds is 3. The van der Waals surface area contributed by atoms with E-state index in [9.17, 15) is 0 Å². The van der Waals surface area contributed by atoms with Gasteiger partial charge in [-0.05, 0) is 55.5 Å². The van der Waals surface area contributed by atoms with Gasteiger partial charge in [0.25, 0.3) is 0 Å². The third-order valence-electron chi connectivity index (χ3n) is 4.67. The second-order valence-corrected chi connectivity index (χ2v) is 6.13. The molecule has 2 aliphatic heterocycles. The smallest absolute Gasteiger partial charge is 0.0233 e. The van der Waals surface area contributed by atoms with Crippen molar-refractivity contribution in [3.63, 3.8) is 0 Å². The predicted octanol–water partition coefficient (Wildman–Crippen LogP) is 3.10. The molecule has 3 rings (SSSR count). The molecular formula is C17H26N2. The van der Waals surface area contributed by atoms with Crippen molar-refractivity contribution in [1.29, 1.82) is 0 Å². The SMILES string of the molecule is CCC1Cc2cc(CN3CCCCC3)ccc2CN1. The van der Waals surface area contributed by atoms with Crippen molar-refractivity contribution in [2.24, 2.45) is 0 Å². The molecule has 19 heavy (non-hydrogen) atoms. The van der Waals surface area contributed by atoms with Gasteiger partial charge >= 0.3 is 0 Å². The highest BCUT2D eigenvalue weighted by Crippen LogP contribution is 2.21. The number of nitrogens with one attached hydrogen (secondary N) is 1. The van der Waals surface area contributed by atoms with E-state index in [0.717, 1.165) is 13.1 Å². The molecule has 1 N–H and O–H groups in total. The Labute approximate surface area is 117 Å². The molecule has 0 saturated carbocycles. The zero-order valence-electron chi connectivity index (χ0n) is 12.1. The van der Waals surface area contributed by atoms with Gasteiger partial charge in [-0.15, -0.1) is 0 Å². The summed E-state index contributed by atoms with van der Waals surface area (Å²) in [7, 11) is 0. The van der Waals surface area contributed by atoms with E-state index in [1.807, 2.05) is 0 Å². The fourth-order valence-electron chi connectivity index (χ4n) is 3.40. The van der Waals surface area contributed by atoms with E-state index in [4.69, 9.17) is 0 Å². The third-order valence-corrected chi connectivity index (χ3v) is 4.67. The number of likely N-dealkylation sites (tertiary alicyclic amines) is 1. The van der Waals surface area contributed by atoms with E-state index < -0.39 is 0 Å². The predicted molar refractivity (Wildman–Crippen MR) is 80.2 cm³/mol. The van der Waals surface area contributed by atoms with Crippen LogP contribution in [0.5, 0.6) is 0 Å². The standard InChI is InChI=1S/C17H26N2/c1-2-17-11-16-10-14(6-7-15(16)12-18-17)13-19-8-4-3-5-9-19/h6-7,10,17-18H,2-5,8-9,11-13H2,1H3. The molecule has 1 atom stereocenters. The maximum Gasteiger partial charge on any atom is 0.0233 e. The first-order chi connectivity index (χ1) is 9.35. The molecule has 2 heterocycles. The van der Waals surface area contributed by atoms with Gasteiger partial charge in [-0.2, -0.15) is 0 Å². The number of fused-ring (bicyclic) bond motifs is 1. The van der Waals surface area contributed by atoms with Crippen LogP contribution in [0, 0.1) is 0 Å². The Kier molecular flexibility index (Phi) is 4.19. The van der Waals surface area contributed by atoms with Gasteiger partial charge in [0, 0.05) is 19.1 Å². The van der Waals surface area contributed by atoms with Crippen molar-refractivity contribution in [2.75, 3.05) is 13.1 Å². The molecule has 0 radical (unpaired) electrons. The Bertz CT molecular complexity index is 421. The van der Waals surface area contributed by atoms with Gasteiger partial charge in [0.05, 0.1) is 0 Å². The van der Waals surface area contributed by atoms with Crippen LogP contribution in [0.4, 0.5) is 0 Å². The maximum atomic E-state index is 3.62. The summed E-state index contributed by atoms with van der Waals surface area (Å²) in [6, 6.07) is 7.82. The lowest BCUT2D eigenvalue weighted by molar-refractivity contribution is 0.221. The van der Waals surface area contributed by atoms with Crippen LogP contribution >= 0.6 is 0 Å². The lowest BCUT2D eigenvalue weighted by Crippen LogP contribution is -2.35. The van der Waals surface area contributed by atoms with Crippen LogP contribution in [0.2, 0.25) is 0 Å². The summed E-state index contributed by atoms with van der Waals surface area (Å²) in [5, 5.41) is 3.62. The number of benzene rings is 1. The Morgan fingerprint density at radius 3 is 2.79 bits per heavy atom. The second kappa shape index (κ2) is 6.06. The highest BCUT2D eigenvalue weighted by atomic mass is 15.1. The molecule has 2 heteroatoms. The monoisotopic (exact) mass is 258 g/mol. The fraction of sp³-hybridized carbons (Fsp3) is 0.647. The second-order valence-electron chi connectivity index (χ2n) is 6.13. The summed E-state index contributed by atoms with van der Waals surface area (Å²) in [5.41, 5.74) is 4.60. The minimum atomic E-state index is 0.678. The number of piperidine rings is 1. The Hall–Kier alpha value is -0.860. The summed E-state index contributed by atoms with van der Waals surface area (Å²) < 4.78 is 0. The van der Waals surface area contributed by atoms with Crippen LogP contribution in [-0.2, 0) is 19.5 Å². The number of hydrogen-bond acceptors (Lipinski definition) is 2. The molecule has 0 spiro atoms. The van der Waals surface area contributed by atoms with Crippen LogP contribution in [0.1, 0.15) is 49.3 Å². The van der Waals surface area contributed by atoms with E-state index in [1.165, 1.54) is 56.3 Å². The molecule has 0 bridgehead atoms. The van der Waals surface area contributed by atoms with Crippen molar-refractivity contribution in [3.05, 3.63) is 34.9 Å². The lowest BCUT2D eigenvalue weighted by Gasteiger charge is -2.28. The first-order valence-corrected chi connectivity index (χ1v) is 7.91. The third kappa shape index (κ3) is 3.18. The van der Waals surface area contributed by atoms with E-state index >= 15 is 0 Å².